The van der Waals surface area contributed by atoms with Crippen LogP contribution in [-0.4, -0.2) is 11.0 Å². The molecule has 0 aliphatic rings. The van der Waals surface area contributed by atoms with Gasteiger partial charge in [0.15, 0.2) is 0 Å². The number of thiazole rings is 1. The molecule has 3 heteroatoms. The van der Waals surface area contributed by atoms with Gasteiger partial charge in [-0.05, 0) is 18.6 Å². The molecule has 88 valence electrons. The first-order valence-corrected chi connectivity index (χ1v) is 6.66. The highest BCUT2D eigenvalue weighted by Gasteiger charge is 2.06. The van der Waals surface area contributed by atoms with Crippen LogP contribution in [0.4, 0.5) is 0 Å². The van der Waals surface area contributed by atoms with Crippen molar-refractivity contribution in [2.75, 3.05) is 0 Å². The predicted molar refractivity (Wildman–Crippen MR) is 74.0 cm³/mol. The van der Waals surface area contributed by atoms with E-state index in [9.17, 15) is 0 Å². The van der Waals surface area contributed by atoms with Gasteiger partial charge >= 0.3 is 0 Å². The third-order valence-corrected chi connectivity index (χ3v) is 3.77. The normalized spacial score (nSPS) is 12.5. The largest absolute Gasteiger partial charge is 0.307 e. The molecule has 1 N–H and O–H groups in total. The molecule has 17 heavy (non-hydrogen) atoms. The van der Waals surface area contributed by atoms with Gasteiger partial charge < -0.3 is 5.32 Å². The van der Waals surface area contributed by atoms with Crippen molar-refractivity contribution >= 4 is 21.6 Å². The lowest BCUT2D eigenvalue weighted by Crippen LogP contribution is -2.27. The highest BCUT2D eigenvalue weighted by atomic mass is 32.1. The van der Waals surface area contributed by atoms with Crippen LogP contribution in [0.2, 0.25) is 0 Å². The molecule has 1 atom stereocenters. The molecular formula is C14H16N2S. The second-order valence-corrected chi connectivity index (χ2v) is 5.08. The van der Waals surface area contributed by atoms with Crippen LogP contribution in [0, 0.1) is 12.3 Å². The maximum Gasteiger partial charge on any atom is 0.108 e. The molecule has 2 nitrogen and oxygen atoms in total. The average Bonchev–Trinajstić information content (AvgIpc) is 2.77. The smallest absolute Gasteiger partial charge is 0.108 e. The van der Waals surface area contributed by atoms with Gasteiger partial charge in [-0.25, -0.2) is 4.98 Å². The molecule has 1 unspecified atom stereocenters. The molecule has 0 radical (unpaired) electrons. The fraction of sp³-hybridized carbons (Fsp3) is 0.357. The summed E-state index contributed by atoms with van der Waals surface area (Å²) in [6, 6.07) is 8.62. The van der Waals surface area contributed by atoms with Crippen LogP contribution in [0.3, 0.4) is 0 Å². The lowest BCUT2D eigenvalue weighted by molar-refractivity contribution is 0.506. The van der Waals surface area contributed by atoms with Crippen molar-refractivity contribution in [3.8, 4) is 12.3 Å². The van der Waals surface area contributed by atoms with Gasteiger partial charge in [0.25, 0.3) is 0 Å². The quantitative estimate of drug-likeness (QED) is 0.817. The molecule has 0 saturated heterocycles. The van der Waals surface area contributed by atoms with E-state index in [2.05, 4.69) is 29.2 Å². The Bertz CT molecular complexity index is 491. The van der Waals surface area contributed by atoms with Crippen LogP contribution in [0.5, 0.6) is 0 Å². The molecule has 0 aliphatic carbocycles. The fourth-order valence-corrected chi connectivity index (χ4v) is 2.65. The SMILES string of the molecule is C#CCC(CC)NCc1nc2ccccc2s1. The van der Waals surface area contributed by atoms with E-state index in [0.29, 0.717) is 6.04 Å². The van der Waals surface area contributed by atoms with Gasteiger partial charge in [0.2, 0.25) is 0 Å². The summed E-state index contributed by atoms with van der Waals surface area (Å²) in [5.74, 6) is 2.70. The van der Waals surface area contributed by atoms with Crippen molar-refractivity contribution < 1.29 is 0 Å². The molecule has 0 fully saturated rings. The number of para-hydroxylation sites is 1. The Kier molecular flexibility index (Phi) is 4.13. The zero-order valence-corrected chi connectivity index (χ0v) is 10.8. The molecule has 1 aromatic carbocycles. The number of terminal acetylenes is 1. The van der Waals surface area contributed by atoms with Crippen LogP contribution in [0.25, 0.3) is 10.2 Å². The van der Waals surface area contributed by atoms with Crippen LogP contribution in [0.15, 0.2) is 24.3 Å². The molecule has 1 aromatic heterocycles. The van der Waals surface area contributed by atoms with Crippen molar-refractivity contribution in [2.24, 2.45) is 0 Å². The zero-order valence-electron chi connectivity index (χ0n) is 9.94. The lowest BCUT2D eigenvalue weighted by Gasteiger charge is -2.12. The summed E-state index contributed by atoms with van der Waals surface area (Å²) in [7, 11) is 0. The van der Waals surface area contributed by atoms with Gasteiger partial charge in [-0.3, -0.25) is 0 Å². The number of rotatable bonds is 5. The van der Waals surface area contributed by atoms with Crippen LogP contribution in [-0.2, 0) is 6.54 Å². The van der Waals surface area contributed by atoms with E-state index < -0.39 is 0 Å². The summed E-state index contributed by atoms with van der Waals surface area (Å²) >= 11 is 1.74. The lowest BCUT2D eigenvalue weighted by atomic mass is 10.1. The summed E-state index contributed by atoms with van der Waals surface area (Å²) < 4.78 is 1.24. The van der Waals surface area contributed by atoms with Crippen LogP contribution in [0.1, 0.15) is 24.8 Å². The van der Waals surface area contributed by atoms with Gasteiger partial charge in [-0.2, -0.15) is 0 Å². The second-order valence-electron chi connectivity index (χ2n) is 3.97. The van der Waals surface area contributed by atoms with Gasteiger partial charge in [0.05, 0.1) is 10.2 Å². The van der Waals surface area contributed by atoms with E-state index in [4.69, 9.17) is 6.42 Å². The minimum absolute atomic E-state index is 0.395. The molecule has 0 spiro atoms. The summed E-state index contributed by atoms with van der Waals surface area (Å²) in [6.45, 7) is 2.95. The van der Waals surface area contributed by atoms with E-state index in [1.165, 1.54) is 4.70 Å². The van der Waals surface area contributed by atoms with Crippen molar-refractivity contribution in [1.29, 1.82) is 0 Å². The van der Waals surface area contributed by atoms with E-state index >= 15 is 0 Å². The monoisotopic (exact) mass is 244 g/mol. The van der Waals surface area contributed by atoms with Crippen molar-refractivity contribution in [3.63, 3.8) is 0 Å². The minimum Gasteiger partial charge on any atom is -0.307 e. The van der Waals surface area contributed by atoms with Crippen LogP contribution >= 0.6 is 11.3 Å². The fourth-order valence-electron chi connectivity index (χ4n) is 1.73. The maximum atomic E-state index is 5.33. The topological polar surface area (TPSA) is 24.9 Å². The number of benzene rings is 1. The van der Waals surface area contributed by atoms with E-state index in [1.807, 2.05) is 18.2 Å². The third kappa shape index (κ3) is 3.06. The molecule has 0 bridgehead atoms. The third-order valence-electron chi connectivity index (χ3n) is 2.74. The Balaban J connectivity index is 2.01. The zero-order chi connectivity index (χ0) is 12.1. The summed E-state index contributed by atoms with van der Waals surface area (Å²) in [4.78, 5) is 4.58. The highest BCUT2D eigenvalue weighted by Crippen LogP contribution is 2.21. The molecule has 2 aromatic rings. The predicted octanol–water partition coefficient (Wildman–Crippen LogP) is 3.19. The molecule has 2 rings (SSSR count). The van der Waals surface area contributed by atoms with Gasteiger partial charge in [0.1, 0.15) is 5.01 Å². The number of hydrogen-bond donors (Lipinski definition) is 1. The molecule has 1 heterocycles. The van der Waals surface area contributed by atoms with Gasteiger partial charge in [-0.15, -0.1) is 23.7 Å². The van der Waals surface area contributed by atoms with E-state index in [0.717, 1.165) is 29.9 Å². The maximum absolute atomic E-state index is 5.33. The van der Waals surface area contributed by atoms with E-state index in [-0.39, 0.29) is 0 Å². The number of aromatic nitrogens is 1. The van der Waals surface area contributed by atoms with Crippen molar-refractivity contribution in [1.82, 2.24) is 10.3 Å². The molecule has 0 saturated carbocycles. The van der Waals surface area contributed by atoms with Crippen molar-refractivity contribution in [3.05, 3.63) is 29.3 Å². The molecular weight excluding hydrogens is 228 g/mol. The van der Waals surface area contributed by atoms with Gasteiger partial charge in [0, 0.05) is 19.0 Å². The number of nitrogens with one attached hydrogen (secondary N) is 1. The standard InChI is InChI=1S/C14H16N2S/c1-3-7-11(4-2)15-10-14-16-12-8-5-6-9-13(12)17-14/h1,5-6,8-9,11,15H,4,7,10H2,2H3. The summed E-state index contributed by atoms with van der Waals surface area (Å²) in [5, 5.41) is 4.58. The van der Waals surface area contributed by atoms with Crippen molar-refractivity contribution in [2.45, 2.75) is 32.4 Å². The first kappa shape index (κ1) is 12.1. The Labute approximate surface area is 106 Å². The van der Waals surface area contributed by atoms with Gasteiger partial charge in [-0.1, -0.05) is 19.1 Å². The first-order chi connectivity index (χ1) is 8.33. The Morgan fingerprint density at radius 2 is 2.29 bits per heavy atom. The summed E-state index contributed by atoms with van der Waals surface area (Å²) in [6.07, 6.45) is 7.16. The molecule has 0 amide bonds. The summed E-state index contributed by atoms with van der Waals surface area (Å²) in [5.41, 5.74) is 1.08. The number of hydrogen-bond acceptors (Lipinski definition) is 3. The van der Waals surface area contributed by atoms with Crippen LogP contribution < -0.4 is 5.32 Å². The highest BCUT2D eigenvalue weighted by molar-refractivity contribution is 7.18. The molecule has 0 aliphatic heterocycles. The number of nitrogens with zero attached hydrogens (tertiary/aromatic N) is 1. The Morgan fingerprint density at radius 3 is 3.00 bits per heavy atom. The number of fused-ring (bicyclic) bond motifs is 1. The minimum atomic E-state index is 0.395. The Morgan fingerprint density at radius 1 is 1.47 bits per heavy atom. The van der Waals surface area contributed by atoms with E-state index in [1.54, 1.807) is 11.3 Å². The first-order valence-electron chi connectivity index (χ1n) is 5.84. The average molecular weight is 244 g/mol. The Hall–Kier alpha value is -1.37. The second kappa shape index (κ2) is 5.81.